The van der Waals surface area contributed by atoms with Gasteiger partial charge in [0, 0.05) is 26.5 Å². The molecule has 0 aliphatic heterocycles. The summed E-state index contributed by atoms with van der Waals surface area (Å²) in [7, 11) is 3.45. The summed E-state index contributed by atoms with van der Waals surface area (Å²) >= 11 is 6.04. The minimum atomic E-state index is -0.167. The van der Waals surface area contributed by atoms with Crippen LogP contribution < -0.4 is 5.32 Å². The van der Waals surface area contributed by atoms with Gasteiger partial charge in [0.05, 0.1) is 22.8 Å². The average molecular weight is 291 g/mol. The molecule has 5 nitrogen and oxygen atoms in total. The number of hydrogen-bond acceptors (Lipinski definition) is 4. The van der Waals surface area contributed by atoms with Crippen LogP contribution in [0.3, 0.4) is 0 Å². The van der Waals surface area contributed by atoms with Gasteiger partial charge in [-0.2, -0.15) is 0 Å². The summed E-state index contributed by atoms with van der Waals surface area (Å²) < 4.78 is 0. The lowest BCUT2D eigenvalue weighted by molar-refractivity contribution is 0.0783. The minimum absolute atomic E-state index is 0.167. The van der Waals surface area contributed by atoms with Gasteiger partial charge in [-0.15, -0.1) is 0 Å². The normalized spacial score (nSPS) is 10.2. The van der Waals surface area contributed by atoms with Crippen LogP contribution in [-0.4, -0.2) is 34.9 Å². The molecular weight excluding hydrogens is 276 g/mol. The Morgan fingerprint density at radius 3 is 2.85 bits per heavy atom. The van der Waals surface area contributed by atoms with Gasteiger partial charge >= 0.3 is 0 Å². The summed E-state index contributed by atoms with van der Waals surface area (Å²) in [4.78, 5) is 22.2. The van der Waals surface area contributed by atoms with Gasteiger partial charge in [-0.05, 0) is 18.2 Å². The van der Waals surface area contributed by atoms with Crippen LogP contribution in [0.15, 0.2) is 36.7 Å². The second kappa shape index (κ2) is 6.34. The first-order valence-corrected chi connectivity index (χ1v) is 6.48. The van der Waals surface area contributed by atoms with Gasteiger partial charge in [-0.1, -0.05) is 17.7 Å². The number of halogens is 1. The third-order valence-corrected chi connectivity index (χ3v) is 3.12. The molecule has 0 bridgehead atoms. The molecule has 104 valence electrons. The standard InChI is InChI=1S/C14H15ClN4O/c1-16-13-7-11(12(15)8-18-13)14(20)19(2)9-10-5-3-4-6-17-10/h3-8H,9H2,1-2H3,(H,16,18). The Hall–Kier alpha value is -2.14. The second-order valence-corrected chi connectivity index (χ2v) is 4.69. The van der Waals surface area contributed by atoms with Crippen molar-refractivity contribution in [3.8, 4) is 0 Å². The van der Waals surface area contributed by atoms with Gasteiger partial charge in [0.1, 0.15) is 5.82 Å². The van der Waals surface area contributed by atoms with Crippen molar-refractivity contribution in [1.29, 1.82) is 0 Å². The van der Waals surface area contributed by atoms with Crippen molar-refractivity contribution in [3.05, 3.63) is 52.9 Å². The molecule has 0 aliphatic carbocycles. The van der Waals surface area contributed by atoms with E-state index in [-0.39, 0.29) is 5.91 Å². The SMILES string of the molecule is CNc1cc(C(=O)N(C)Cc2ccccn2)c(Cl)cn1. The zero-order valence-electron chi connectivity index (χ0n) is 11.3. The summed E-state index contributed by atoms with van der Waals surface area (Å²) in [5.41, 5.74) is 1.24. The van der Waals surface area contributed by atoms with E-state index in [9.17, 15) is 4.79 Å². The van der Waals surface area contributed by atoms with Crippen LogP contribution in [0, 0.1) is 0 Å². The molecule has 0 aliphatic rings. The number of hydrogen-bond donors (Lipinski definition) is 1. The number of rotatable bonds is 4. The maximum Gasteiger partial charge on any atom is 0.255 e. The first-order valence-electron chi connectivity index (χ1n) is 6.10. The summed E-state index contributed by atoms with van der Waals surface area (Å²) in [5, 5.41) is 3.22. The van der Waals surface area contributed by atoms with E-state index >= 15 is 0 Å². The molecule has 0 saturated heterocycles. The maximum atomic E-state index is 12.4. The third kappa shape index (κ3) is 3.24. The Bertz CT molecular complexity index is 603. The Labute approximate surface area is 122 Å². The monoisotopic (exact) mass is 290 g/mol. The second-order valence-electron chi connectivity index (χ2n) is 4.28. The highest BCUT2D eigenvalue weighted by atomic mass is 35.5. The van der Waals surface area contributed by atoms with E-state index < -0.39 is 0 Å². The fourth-order valence-electron chi connectivity index (χ4n) is 1.75. The molecule has 2 heterocycles. The van der Waals surface area contributed by atoms with Crippen molar-refractivity contribution in [3.63, 3.8) is 0 Å². The highest BCUT2D eigenvalue weighted by Crippen LogP contribution is 2.19. The van der Waals surface area contributed by atoms with Crippen molar-refractivity contribution >= 4 is 23.3 Å². The molecule has 0 radical (unpaired) electrons. The lowest BCUT2D eigenvalue weighted by atomic mass is 10.2. The molecule has 2 rings (SSSR count). The number of amides is 1. The predicted molar refractivity (Wildman–Crippen MR) is 78.8 cm³/mol. The molecule has 0 fully saturated rings. The van der Waals surface area contributed by atoms with Crippen LogP contribution in [0.25, 0.3) is 0 Å². The molecular formula is C14H15ClN4O. The molecule has 2 aromatic heterocycles. The molecule has 0 unspecified atom stereocenters. The van der Waals surface area contributed by atoms with Gasteiger partial charge in [-0.25, -0.2) is 4.98 Å². The van der Waals surface area contributed by atoms with Crippen molar-refractivity contribution in [2.45, 2.75) is 6.54 Å². The van der Waals surface area contributed by atoms with Crippen molar-refractivity contribution in [1.82, 2.24) is 14.9 Å². The van der Waals surface area contributed by atoms with Crippen LogP contribution in [0.4, 0.5) is 5.82 Å². The number of anilines is 1. The quantitative estimate of drug-likeness (QED) is 0.940. The molecule has 0 atom stereocenters. The van der Waals surface area contributed by atoms with Gasteiger partial charge in [0.15, 0.2) is 0 Å². The Morgan fingerprint density at radius 2 is 2.20 bits per heavy atom. The first kappa shape index (κ1) is 14.3. The van der Waals surface area contributed by atoms with E-state index in [1.165, 1.54) is 6.20 Å². The highest BCUT2D eigenvalue weighted by Gasteiger charge is 2.16. The van der Waals surface area contributed by atoms with Crippen LogP contribution in [0.5, 0.6) is 0 Å². The molecule has 0 spiro atoms. The number of nitrogens with one attached hydrogen (secondary N) is 1. The fraction of sp³-hybridized carbons (Fsp3) is 0.214. The van der Waals surface area contributed by atoms with Crippen LogP contribution in [0.2, 0.25) is 5.02 Å². The van der Waals surface area contributed by atoms with E-state index in [0.717, 1.165) is 5.69 Å². The molecule has 0 aromatic carbocycles. The molecule has 20 heavy (non-hydrogen) atoms. The lowest BCUT2D eigenvalue weighted by Crippen LogP contribution is -2.27. The van der Waals surface area contributed by atoms with Gasteiger partial charge in [0.25, 0.3) is 5.91 Å². The fourth-order valence-corrected chi connectivity index (χ4v) is 1.94. The largest absolute Gasteiger partial charge is 0.373 e. The van der Waals surface area contributed by atoms with Crippen LogP contribution in [0.1, 0.15) is 16.1 Å². The number of carbonyl (C=O) groups is 1. The van der Waals surface area contributed by atoms with Crippen LogP contribution in [-0.2, 0) is 6.54 Å². The Morgan fingerprint density at radius 1 is 1.40 bits per heavy atom. The minimum Gasteiger partial charge on any atom is -0.373 e. The topological polar surface area (TPSA) is 58.1 Å². The Balaban J connectivity index is 2.18. The molecule has 1 N–H and O–H groups in total. The van der Waals surface area contributed by atoms with Crippen molar-refractivity contribution < 1.29 is 4.79 Å². The molecule has 0 saturated carbocycles. The molecule has 1 amide bonds. The zero-order valence-corrected chi connectivity index (χ0v) is 12.1. The van der Waals surface area contributed by atoms with Gasteiger partial charge in [-0.3, -0.25) is 9.78 Å². The number of pyridine rings is 2. The molecule has 6 heteroatoms. The Kier molecular flexibility index (Phi) is 4.53. The summed E-state index contributed by atoms with van der Waals surface area (Å²) in [5.74, 6) is 0.434. The smallest absolute Gasteiger partial charge is 0.255 e. The average Bonchev–Trinajstić information content (AvgIpc) is 2.48. The highest BCUT2D eigenvalue weighted by molar-refractivity contribution is 6.33. The zero-order chi connectivity index (χ0) is 14.5. The first-order chi connectivity index (χ1) is 9.61. The summed E-state index contributed by atoms with van der Waals surface area (Å²) in [6, 6.07) is 7.24. The predicted octanol–water partition coefficient (Wildman–Crippen LogP) is 2.44. The van der Waals surface area contributed by atoms with E-state index in [1.807, 2.05) is 18.2 Å². The summed E-state index contributed by atoms with van der Waals surface area (Å²) in [6.07, 6.45) is 3.17. The van der Waals surface area contributed by atoms with Gasteiger partial charge in [0.2, 0.25) is 0 Å². The molecule has 2 aromatic rings. The van der Waals surface area contributed by atoms with Crippen molar-refractivity contribution in [2.75, 3.05) is 19.4 Å². The van der Waals surface area contributed by atoms with Crippen molar-refractivity contribution in [2.24, 2.45) is 0 Å². The van der Waals surface area contributed by atoms with Gasteiger partial charge < -0.3 is 10.2 Å². The lowest BCUT2D eigenvalue weighted by Gasteiger charge is -2.17. The number of aromatic nitrogens is 2. The third-order valence-electron chi connectivity index (χ3n) is 2.81. The summed E-state index contributed by atoms with van der Waals surface area (Å²) in [6.45, 7) is 0.424. The van der Waals surface area contributed by atoms with Crippen LogP contribution >= 0.6 is 11.6 Å². The number of nitrogens with zero attached hydrogens (tertiary/aromatic N) is 3. The number of carbonyl (C=O) groups excluding carboxylic acids is 1. The van der Waals surface area contributed by atoms with E-state index in [2.05, 4.69) is 15.3 Å². The van der Waals surface area contributed by atoms with E-state index in [1.54, 1.807) is 31.3 Å². The van der Waals surface area contributed by atoms with E-state index in [4.69, 9.17) is 11.6 Å². The maximum absolute atomic E-state index is 12.4. The van der Waals surface area contributed by atoms with E-state index in [0.29, 0.717) is 22.9 Å².